The second-order valence-corrected chi connectivity index (χ2v) is 4.83. The number of nitrogens with two attached hydrogens (primary N) is 1. The van der Waals surface area contributed by atoms with Crippen LogP contribution in [0.2, 0.25) is 5.02 Å². The fraction of sp³-hybridized carbons (Fsp3) is 0.600. The van der Waals surface area contributed by atoms with E-state index >= 15 is 0 Å². The summed E-state index contributed by atoms with van der Waals surface area (Å²) in [5.41, 5.74) is 2.80. The molecule has 1 rings (SSSR count). The topological polar surface area (TPSA) is 47.3 Å². The molecule has 0 aliphatic heterocycles. The maximum Gasteiger partial charge on any atom is 0.0569 e. The van der Waals surface area contributed by atoms with Crippen molar-refractivity contribution in [3.8, 4) is 0 Å². The van der Waals surface area contributed by atoms with E-state index in [-0.39, 0.29) is 12.1 Å². The number of rotatable bonds is 6. The van der Waals surface area contributed by atoms with E-state index in [1.807, 2.05) is 18.4 Å². The molecule has 3 N–H and O–H groups in total. The summed E-state index contributed by atoms with van der Waals surface area (Å²) >= 11 is 7.67. The molecule has 0 radical (unpaired) electrons. The minimum absolute atomic E-state index is 0.120. The molecule has 86 valence electrons. The lowest BCUT2D eigenvalue weighted by Crippen LogP contribution is -2.28. The first-order valence-electron chi connectivity index (χ1n) is 4.90. The van der Waals surface area contributed by atoms with Crippen LogP contribution in [0.15, 0.2) is 11.4 Å². The number of ether oxygens (including phenoxy) is 1. The minimum Gasteiger partial charge on any atom is -0.382 e. The number of thiophene rings is 1. The van der Waals surface area contributed by atoms with Crippen molar-refractivity contribution in [2.75, 3.05) is 7.11 Å². The van der Waals surface area contributed by atoms with Gasteiger partial charge in [-0.3, -0.25) is 11.3 Å². The standard InChI is InChI=1S/C10H17ClN2OS/c1-7(14-2)3-4-9(13-12)10-8(11)5-6-15-10/h5-7,9,13H,3-4,12H2,1-2H3. The zero-order valence-electron chi connectivity index (χ0n) is 9.00. The number of methoxy groups -OCH3 is 1. The van der Waals surface area contributed by atoms with Gasteiger partial charge in [0.25, 0.3) is 0 Å². The Kier molecular flexibility index (Phi) is 5.56. The Morgan fingerprint density at radius 3 is 2.80 bits per heavy atom. The van der Waals surface area contributed by atoms with E-state index in [0.717, 1.165) is 22.7 Å². The van der Waals surface area contributed by atoms with Crippen LogP contribution in [-0.4, -0.2) is 13.2 Å². The summed E-state index contributed by atoms with van der Waals surface area (Å²) in [5.74, 6) is 5.52. The summed E-state index contributed by atoms with van der Waals surface area (Å²) in [6.45, 7) is 2.05. The average Bonchev–Trinajstić information content (AvgIpc) is 2.65. The van der Waals surface area contributed by atoms with Gasteiger partial charge >= 0.3 is 0 Å². The van der Waals surface area contributed by atoms with Crippen LogP contribution in [0.1, 0.15) is 30.7 Å². The van der Waals surface area contributed by atoms with Crippen molar-refractivity contribution in [3.05, 3.63) is 21.3 Å². The maximum absolute atomic E-state index is 6.05. The van der Waals surface area contributed by atoms with Crippen molar-refractivity contribution in [2.24, 2.45) is 5.84 Å². The molecule has 2 atom stereocenters. The predicted octanol–water partition coefficient (Wildman–Crippen LogP) is 2.72. The molecule has 0 bridgehead atoms. The molecule has 0 saturated carbocycles. The lowest BCUT2D eigenvalue weighted by Gasteiger charge is -2.17. The number of halogens is 1. The summed E-state index contributed by atoms with van der Waals surface area (Å²) in [5, 5.41) is 2.76. The van der Waals surface area contributed by atoms with Gasteiger partial charge in [-0.1, -0.05) is 11.6 Å². The molecular formula is C10H17ClN2OS. The third kappa shape index (κ3) is 3.74. The lowest BCUT2D eigenvalue weighted by atomic mass is 10.1. The highest BCUT2D eigenvalue weighted by atomic mass is 35.5. The molecule has 0 spiro atoms. The molecule has 0 aromatic carbocycles. The van der Waals surface area contributed by atoms with Crippen LogP contribution in [-0.2, 0) is 4.74 Å². The van der Waals surface area contributed by atoms with Crippen molar-refractivity contribution in [3.63, 3.8) is 0 Å². The van der Waals surface area contributed by atoms with Gasteiger partial charge in [-0.25, -0.2) is 0 Å². The smallest absolute Gasteiger partial charge is 0.0569 e. The van der Waals surface area contributed by atoms with Crippen LogP contribution in [0.4, 0.5) is 0 Å². The Hall–Kier alpha value is -0.130. The Morgan fingerprint density at radius 2 is 2.33 bits per heavy atom. The number of hydrazine groups is 1. The van der Waals surface area contributed by atoms with Gasteiger partial charge < -0.3 is 4.74 Å². The van der Waals surface area contributed by atoms with Gasteiger partial charge in [-0.2, -0.15) is 0 Å². The molecule has 0 fully saturated rings. The SMILES string of the molecule is COC(C)CCC(NN)c1sccc1Cl. The monoisotopic (exact) mass is 248 g/mol. The Morgan fingerprint density at radius 1 is 1.60 bits per heavy atom. The van der Waals surface area contributed by atoms with Gasteiger partial charge in [-0.15, -0.1) is 11.3 Å². The highest BCUT2D eigenvalue weighted by Gasteiger charge is 2.15. The fourth-order valence-corrected chi connectivity index (χ4v) is 2.65. The summed E-state index contributed by atoms with van der Waals surface area (Å²) in [6, 6.07) is 2.01. The van der Waals surface area contributed by atoms with Crippen LogP contribution < -0.4 is 11.3 Å². The molecule has 3 nitrogen and oxygen atoms in total. The van der Waals surface area contributed by atoms with Gasteiger partial charge in [0.15, 0.2) is 0 Å². The highest BCUT2D eigenvalue weighted by Crippen LogP contribution is 2.31. The molecule has 0 saturated heterocycles. The summed E-state index contributed by atoms with van der Waals surface area (Å²) in [4.78, 5) is 1.10. The molecule has 15 heavy (non-hydrogen) atoms. The van der Waals surface area contributed by atoms with E-state index in [2.05, 4.69) is 5.43 Å². The molecule has 0 aliphatic rings. The minimum atomic E-state index is 0.120. The third-order valence-electron chi connectivity index (χ3n) is 2.43. The third-order valence-corrected chi connectivity index (χ3v) is 3.90. The number of hydrogen-bond donors (Lipinski definition) is 2. The maximum atomic E-state index is 6.05. The first-order chi connectivity index (χ1) is 7.19. The van der Waals surface area contributed by atoms with E-state index in [1.54, 1.807) is 18.4 Å². The summed E-state index contributed by atoms with van der Waals surface area (Å²) in [6.07, 6.45) is 2.13. The van der Waals surface area contributed by atoms with Crippen LogP contribution in [0, 0.1) is 0 Å². The van der Waals surface area contributed by atoms with E-state index in [1.165, 1.54) is 0 Å². The van der Waals surface area contributed by atoms with Crippen molar-refractivity contribution in [2.45, 2.75) is 31.9 Å². The molecule has 1 aromatic rings. The second-order valence-electron chi connectivity index (χ2n) is 3.48. The molecule has 1 aromatic heterocycles. The highest BCUT2D eigenvalue weighted by molar-refractivity contribution is 7.10. The van der Waals surface area contributed by atoms with Crippen LogP contribution in [0.25, 0.3) is 0 Å². The predicted molar refractivity (Wildman–Crippen MR) is 65.1 cm³/mol. The summed E-state index contributed by atoms with van der Waals surface area (Å²) < 4.78 is 5.19. The molecule has 2 unspecified atom stereocenters. The Balaban J connectivity index is 2.53. The van der Waals surface area contributed by atoms with Crippen LogP contribution in [0.3, 0.4) is 0 Å². The zero-order chi connectivity index (χ0) is 11.3. The first-order valence-corrected chi connectivity index (χ1v) is 6.16. The number of nitrogens with one attached hydrogen (secondary N) is 1. The summed E-state index contributed by atoms with van der Waals surface area (Å²) in [7, 11) is 1.72. The van der Waals surface area contributed by atoms with Crippen molar-refractivity contribution >= 4 is 22.9 Å². The lowest BCUT2D eigenvalue weighted by molar-refractivity contribution is 0.106. The molecule has 5 heteroatoms. The molecule has 0 amide bonds. The molecular weight excluding hydrogens is 232 g/mol. The van der Waals surface area contributed by atoms with Gasteiger partial charge in [0.2, 0.25) is 0 Å². The van der Waals surface area contributed by atoms with Gasteiger partial charge in [0, 0.05) is 12.0 Å². The first kappa shape index (κ1) is 12.9. The second kappa shape index (κ2) is 6.45. The average molecular weight is 249 g/mol. The van der Waals surface area contributed by atoms with E-state index in [0.29, 0.717) is 0 Å². The van der Waals surface area contributed by atoms with Crippen LogP contribution >= 0.6 is 22.9 Å². The van der Waals surface area contributed by atoms with Gasteiger partial charge in [0.1, 0.15) is 0 Å². The fourth-order valence-electron chi connectivity index (χ4n) is 1.36. The van der Waals surface area contributed by atoms with E-state index in [4.69, 9.17) is 22.2 Å². The van der Waals surface area contributed by atoms with Crippen molar-refractivity contribution < 1.29 is 4.74 Å². The Labute approximate surface area is 99.5 Å². The van der Waals surface area contributed by atoms with Crippen molar-refractivity contribution in [1.29, 1.82) is 0 Å². The largest absolute Gasteiger partial charge is 0.382 e. The van der Waals surface area contributed by atoms with Crippen molar-refractivity contribution in [1.82, 2.24) is 5.43 Å². The van der Waals surface area contributed by atoms with E-state index in [9.17, 15) is 0 Å². The van der Waals surface area contributed by atoms with E-state index < -0.39 is 0 Å². The van der Waals surface area contributed by atoms with Crippen LogP contribution in [0.5, 0.6) is 0 Å². The molecule has 0 aliphatic carbocycles. The zero-order valence-corrected chi connectivity index (χ0v) is 10.6. The number of hydrogen-bond acceptors (Lipinski definition) is 4. The molecule has 1 heterocycles. The normalized spacial score (nSPS) is 15.2. The van der Waals surface area contributed by atoms with Gasteiger partial charge in [0.05, 0.1) is 17.2 Å². The Bertz CT molecular complexity index is 293. The van der Waals surface area contributed by atoms with Gasteiger partial charge in [-0.05, 0) is 31.2 Å². The quantitative estimate of drug-likeness (QED) is 0.601.